The molecule has 0 heterocycles. The maximum atomic E-state index is 5.84. The van der Waals surface area contributed by atoms with Gasteiger partial charge >= 0.3 is 0 Å². The molecule has 1 aliphatic rings. The fraction of sp³-hybridized carbons (Fsp3) is 0.625. The number of hydrogen-bond acceptors (Lipinski definition) is 2. The van der Waals surface area contributed by atoms with Crippen LogP contribution in [0, 0.1) is 19.3 Å². The molecule has 0 saturated heterocycles. The Morgan fingerprint density at radius 3 is 2.56 bits per heavy atom. The van der Waals surface area contributed by atoms with Crippen molar-refractivity contribution in [2.24, 2.45) is 11.1 Å². The zero-order valence-electron chi connectivity index (χ0n) is 12.0. The molecule has 1 aromatic carbocycles. The van der Waals surface area contributed by atoms with Gasteiger partial charge in [-0.05, 0) is 63.2 Å². The second-order valence-corrected chi connectivity index (χ2v) is 6.12. The van der Waals surface area contributed by atoms with E-state index in [4.69, 9.17) is 5.73 Å². The highest BCUT2D eigenvalue weighted by Crippen LogP contribution is 2.44. The molecule has 0 amide bonds. The van der Waals surface area contributed by atoms with E-state index in [0.717, 1.165) is 26.1 Å². The van der Waals surface area contributed by atoms with Gasteiger partial charge in [-0.3, -0.25) is 0 Å². The number of nitrogens with two attached hydrogens (primary N) is 1. The highest BCUT2D eigenvalue weighted by atomic mass is 15.1. The largest absolute Gasteiger partial charge is 0.330 e. The lowest BCUT2D eigenvalue weighted by molar-refractivity contribution is 0.269. The standard InChI is InChI=1S/C16H26N2/c1-13-4-5-15(14(2)10-13)6-9-18(3)12-16(11-17)7-8-16/h4-5,10H,6-9,11-12,17H2,1-3H3. The number of nitrogens with zero attached hydrogens (tertiary/aromatic N) is 1. The van der Waals surface area contributed by atoms with Crippen molar-refractivity contribution in [2.75, 3.05) is 26.7 Å². The molecule has 1 fully saturated rings. The van der Waals surface area contributed by atoms with Crippen molar-refractivity contribution in [3.8, 4) is 0 Å². The van der Waals surface area contributed by atoms with Crippen molar-refractivity contribution in [1.29, 1.82) is 0 Å². The van der Waals surface area contributed by atoms with Crippen LogP contribution in [0.4, 0.5) is 0 Å². The van der Waals surface area contributed by atoms with Crippen LogP contribution in [0.5, 0.6) is 0 Å². The number of benzene rings is 1. The second kappa shape index (κ2) is 5.41. The minimum atomic E-state index is 0.455. The molecule has 1 aromatic rings. The Hall–Kier alpha value is -0.860. The molecule has 0 spiro atoms. The first-order chi connectivity index (χ1) is 8.54. The van der Waals surface area contributed by atoms with Crippen LogP contribution in [0.1, 0.15) is 29.5 Å². The molecule has 0 radical (unpaired) electrons. The minimum absolute atomic E-state index is 0.455. The lowest BCUT2D eigenvalue weighted by Gasteiger charge is -2.22. The lowest BCUT2D eigenvalue weighted by atomic mass is 10.0. The van der Waals surface area contributed by atoms with E-state index in [1.165, 1.54) is 29.5 Å². The molecule has 0 bridgehead atoms. The molecule has 2 rings (SSSR count). The molecular weight excluding hydrogens is 220 g/mol. The van der Waals surface area contributed by atoms with E-state index in [-0.39, 0.29) is 0 Å². The molecule has 0 unspecified atom stereocenters. The Bertz CT molecular complexity index is 408. The molecule has 0 atom stereocenters. The highest BCUT2D eigenvalue weighted by Gasteiger charge is 2.41. The van der Waals surface area contributed by atoms with Gasteiger partial charge in [0, 0.05) is 13.1 Å². The van der Waals surface area contributed by atoms with Crippen LogP contribution < -0.4 is 5.73 Å². The Morgan fingerprint density at radius 1 is 1.28 bits per heavy atom. The van der Waals surface area contributed by atoms with E-state index in [1.807, 2.05) is 0 Å². The smallest absolute Gasteiger partial charge is 0.00471 e. The van der Waals surface area contributed by atoms with Crippen LogP contribution >= 0.6 is 0 Å². The first-order valence-corrected chi connectivity index (χ1v) is 6.99. The summed E-state index contributed by atoms with van der Waals surface area (Å²) in [7, 11) is 2.22. The normalized spacial score (nSPS) is 17.2. The van der Waals surface area contributed by atoms with Crippen LogP contribution in [-0.4, -0.2) is 31.6 Å². The van der Waals surface area contributed by atoms with E-state index < -0.39 is 0 Å². The average Bonchev–Trinajstić information content (AvgIpc) is 3.08. The predicted molar refractivity (Wildman–Crippen MR) is 77.8 cm³/mol. The van der Waals surface area contributed by atoms with Gasteiger partial charge in [-0.15, -0.1) is 0 Å². The lowest BCUT2D eigenvalue weighted by Crippen LogP contribution is -2.32. The Balaban J connectivity index is 1.83. The summed E-state index contributed by atoms with van der Waals surface area (Å²) in [6.45, 7) is 7.51. The number of hydrogen-bond donors (Lipinski definition) is 1. The van der Waals surface area contributed by atoms with Gasteiger partial charge in [0.2, 0.25) is 0 Å². The van der Waals surface area contributed by atoms with Crippen LogP contribution in [0.25, 0.3) is 0 Å². The summed E-state index contributed by atoms with van der Waals surface area (Å²) in [5.41, 5.74) is 10.5. The summed E-state index contributed by atoms with van der Waals surface area (Å²) in [6, 6.07) is 6.76. The predicted octanol–water partition coefficient (Wildman–Crippen LogP) is 2.52. The molecule has 2 heteroatoms. The van der Waals surface area contributed by atoms with Gasteiger partial charge in [0.1, 0.15) is 0 Å². The Morgan fingerprint density at radius 2 is 2.00 bits per heavy atom. The van der Waals surface area contributed by atoms with E-state index in [9.17, 15) is 0 Å². The third-order valence-electron chi connectivity index (χ3n) is 4.26. The highest BCUT2D eigenvalue weighted by molar-refractivity contribution is 5.30. The quantitative estimate of drug-likeness (QED) is 0.835. The molecule has 0 aliphatic heterocycles. The molecule has 1 aliphatic carbocycles. The van der Waals surface area contributed by atoms with Gasteiger partial charge < -0.3 is 10.6 Å². The van der Waals surface area contributed by atoms with Crippen LogP contribution in [-0.2, 0) is 6.42 Å². The van der Waals surface area contributed by atoms with Crippen LogP contribution in [0.2, 0.25) is 0 Å². The van der Waals surface area contributed by atoms with E-state index >= 15 is 0 Å². The molecule has 1 saturated carbocycles. The third kappa shape index (κ3) is 3.33. The van der Waals surface area contributed by atoms with Gasteiger partial charge in [-0.1, -0.05) is 23.8 Å². The zero-order valence-corrected chi connectivity index (χ0v) is 12.0. The fourth-order valence-corrected chi connectivity index (χ4v) is 2.69. The average molecular weight is 246 g/mol. The SMILES string of the molecule is Cc1ccc(CCN(C)CC2(CN)CC2)c(C)c1. The van der Waals surface area contributed by atoms with Crippen molar-refractivity contribution in [2.45, 2.75) is 33.1 Å². The fourth-order valence-electron chi connectivity index (χ4n) is 2.69. The summed E-state index contributed by atoms with van der Waals surface area (Å²) in [4.78, 5) is 2.44. The number of likely N-dealkylation sites (N-methyl/N-ethyl adjacent to an activating group) is 1. The number of aryl methyl sites for hydroxylation is 2. The molecule has 100 valence electrons. The van der Waals surface area contributed by atoms with Gasteiger partial charge in [0.05, 0.1) is 0 Å². The van der Waals surface area contributed by atoms with Crippen molar-refractivity contribution >= 4 is 0 Å². The second-order valence-electron chi connectivity index (χ2n) is 6.12. The molecular formula is C16H26N2. The molecule has 2 nitrogen and oxygen atoms in total. The van der Waals surface area contributed by atoms with Gasteiger partial charge in [0.25, 0.3) is 0 Å². The maximum Gasteiger partial charge on any atom is 0.00471 e. The monoisotopic (exact) mass is 246 g/mol. The first-order valence-electron chi connectivity index (χ1n) is 6.99. The van der Waals surface area contributed by atoms with Gasteiger partial charge in [-0.25, -0.2) is 0 Å². The Kier molecular flexibility index (Phi) is 4.08. The minimum Gasteiger partial charge on any atom is -0.330 e. The van der Waals surface area contributed by atoms with Crippen molar-refractivity contribution < 1.29 is 0 Å². The maximum absolute atomic E-state index is 5.84. The summed E-state index contributed by atoms with van der Waals surface area (Å²) < 4.78 is 0. The van der Waals surface area contributed by atoms with E-state index in [2.05, 4.69) is 44.0 Å². The Labute approximate surface area is 111 Å². The van der Waals surface area contributed by atoms with Crippen molar-refractivity contribution in [3.63, 3.8) is 0 Å². The summed E-state index contributed by atoms with van der Waals surface area (Å²) in [5, 5.41) is 0. The molecule has 18 heavy (non-hydrogen) atoms. The van der Waals surface area contributed by atoms with Crippen LogP contribution in [0.3, 0.4) is 0 Å². The van der Waals surface area contributed by atoms with Crippen molar-refractivity contribution in [3.05, 3.63) is 34.9 Å². The summed E-state index contributed by atoms with van der Waals surface area (Å²) >= 11 is 0. The first kappa shape index (κ1) is 13.6. The van der Waals surface area contributed by atoms with E-state index in [0.29, 0.717) is 5.41 Å². The van der Waals surface area contributed by atoms with Crippen LogP contribution in [0.15, 0.2) is 18.2 Å². The van der Waals surface area contributed by atoms with E-state index in [1.54, 1.807) is 0 Å². The zero-order chi connectivity index (χ0) is 13.2. The topological polar surface area (TPSA) is 29.3 Å². The van der Waals surface area contributed by atoms with Gasteiger partial charge in [-0.2, -0.15) is 0 Å². The number of rotatable bonds is 6. The third-order valence-corrected chi connectivity index (χ3v) is 4.26. The molecule has 0 aromatic heterocycles. The van der Waals surface area contributed by atoms with Gasteiger partial charge in [0.15, 0.2) is 0 Å². The summed E-state index contributed by atoms with van der Waals surface area (Å²) in [6.07, 6.45) is 3.78. The van der Waals surface area contributed by atoms with Crippen molar-refractivity contribution in [1.82, 2.24) is 4.90 Å². The molecule has 2 N–H and O–H groups in total. The summed E-state index contributed by atoms with van der Waals surface area (Å²) in [5.74, 6) is 0.